The summed E-state index contributed by atoms with van der Waals surface area (Å²) in [5.74, 6) is 1.76. The minimum atomic E-state index is -0.366. The van der Waals surface area contributed by atoms with Gasteiger partial charge in [0.2, 0.25) is 5.76 Å². The van der Waals surface area contributed by atoms with E-state index in [1.165, 1.54) is 11.8 Å². The van der Waals surface area contributed by atoms with E-state index in [0.717, 1.165) is 18.3 Å². The van der Waals surface area contributed by atoms with Crippen LogP contribution in [0.25, 0.3) is 0 Å². The van der Waals surface area contributed by atoms with Crippen LogP contribution in [0.1, 0.15) is 37.7 Å². The first-order chi connectivity index (χ1) is 9.00. The number of allylic oxidation sites excluding steroid dienone is 1. The Balaban J connectivity index is 1.59. The summed E-state index contributed by atoms with van der Waals surface area (Å²) in [6.07, 6.45) is 4.99. The highest BCUT2D eigenvalue weighted by Crippen LogP contribution is 2.64. The van der Waals surface area contributed by atoms with Gasteiger partial charge >= 0.3 is 5.97 Å². The standard InChI is InChI=1S/C16H20O3/c1-10-7-12-13(16(12,2)3)8-11(10)9-19-15(17)14-5-4-6-18-14/h4-7,11-13H,8-9H2,1-3H3. The molecule has 1 heterocycles. The average Bonchev–Trinajstić information content (AvgIpc) is 2.80. The van der Waals surface area contributed by atoms with Gasteiger partial charge in [-0.25, -0.2) is 4.79 Å². The Kier molecular flexibility index (Phi) is 2.80. The van der Waals surface area contributed by atoms with Crippen LogP contribution in [0.15, 0.2) is 34.5 Å². The number of fused-ring (bicyclic) bond motifs is 1. The van der Waals surface area contributed by atoms with Crippen LogP contribution < -0.4 is 0 Å². The van der Waals surface area contributed by atoms with Gasteiger partial charge in [0.25, 0.3) is 0 Å². The summed E-state index contributed by atoms with van der Waals surface area (Å²) in [7, 11) is 0. The molecule has 3 rings (SSSR count). The lowest BCUT2D eigenvalue weighted by atomic mass is 9.89. The SMILES string of the molecule is CC1=CC2C(CC1COC(=O)c1ccco1)C2(C)C. The molecule has 3 heteroatoms. The summed E-state index contributed by atoms with van der Waals surface area (Å²) >= 11 is 0. The van der Waals surface area contributed by atoms with Gasteiger partial charge < -0.3 is 9.15 Å². The summed E-state index contributed by atoms with van der Waals surface area (Å²) in [4.78, 5) is 11.7. The number of esters is 1. The summed E-state index contributed by atoms with van der Waals surface area (Å²) in [5.41, 5.74) is 1.79. The predicted molar refractivity (Wildman–Crippen MR) is 71.6 cm³/mol. The van der Waals surface area contributed by atoms with Crippen LogP contribution in [-0.2, 0) is 4.74 Å². The fourth-order valence-corrected chi connectivity index (χ4v) is 3.32. The van der Waals surface area contributed by atoms with Crippen molar-refractivity contribution in [3.05, 3.63) is 35.8 Å². The van der Waals surface area contributed by atoms with Crippen molar-refractivity contribution in [2.75, 3.05) is 6.61 Å². The van der Waals surface area contributed by atoms with Crippen molar-refractivity contribution in [2.24, 2.45) is 23.2 Å². The molecular formula is C16H20O3. The zero-order chi connectivity index (χ0) is 13.6. The molecule has 3 atom stereocenters. The maximum absolute atomic E-state index is 11.7. The molecule has 2 aliphatic carbocycles. The Morgan fingerprint density at radius 2 is 2.32 bits per heavy atom. The molecule has 0 aromatic carbocycles. The van der Waals surface area contributed by atoms with Crippen LogP contribution in [0.2, 0.25) is 0 Å². The lowest BCUT2D eigenvalue weighted by Crippen LogP contribution is -2.18. The molecule has 1 fully saturated rings. The van der Waals surface area contributed by atoms with E-state index in [1.807, 2.05) is 0 Å². The van der Waals surface area contributed by atoms with Crippen LogP contribution in [-0.4, -0.2) is 12.6 Å². The molecule has 3 unspecified atom stereocenters. The quantitative estimate of drug-likeness (QED) is 0.615. The molecule has 0 aliphatic heterocycles. The molecular weight excluding hydrogens is 240 g/mol. The van der Waals surface area contributed by atoms with Gasteiger partial charge in [0.15, 0.2) is 0 Å². The third kappa shape index (κ3) is 2.11. The van der Waals surface area contributed by atoms with Crippen molar-refractivity contribution in [2.45, 2.75) is 27.2 Å². The van der Waals surface area contributed by atoms with Gasteiger partial charge in [0.05, 0.1) is 12.9 Å². The van der Waals surface area contributed by atoms with E-state index < -0.39 is 0 Å². The van der Waals surface area contributed by atoms with E-state index >= 15 is 0 Å². The molecule has 0 amide bonds. The number of ether oxygens (including phenoxy) is 1. The Morgan fingerprint density at radius 3 is 3.00 bits per heavy atom. The molecule has 0 spiro atoms. The van der Waals surface area contributed by atoms with Crippen LogP contribution >= 0.6 is 0 Å². The number of carbonyl (C=O) groups excluding carboxylic acids is 1. The fraction of sp³-hybridized carbons (Fsp3) is 0.562. The molecule has 0 saturated heterocycles. The van der Waals surface area contributed by atoms with Crippen molar-refractivity contribution in [1.82, 2.24) is 0 Å². The normalized spacial score (nSPS) is 31.3. The lowest BCUT2D eigenvalue weighted by Gasteiger charge is -2.20. The van der Waals surface area contributed by atoms with E-state index in [-0.39, 0.29) is 11.7 Å². The highest BCUT2D eigenvalue weighted by atomic mass is 16.5. The van der Waals surface area contributed by atoms with Gasteiger partial charge in [-0.2, -0.15) is 0 Å². The van der Waals surface area contributed by atoms with Gasteiger partial charge in [0, 0.05) is 5.92 Å². The Bertz CT molecular complexity index is 510. The predicted octanol–water partition coefficient (Wildman–Crippen LogP) is 3.67. The third-order valence-electron chi connectivity index (χ3n) is 4.90. The van der Waals surface area contributed by atoms with E-state index in [4.69, 9.17) is 9.15 Å². The number of hydrogen-bond acceptors (Lipinski definition) is 3. The maximum atomic E-state index is 11.7. The Hall–Kier alpha value is -1.51. The molecule has 0 radical (unpaired) electrons. The maximum Gasteiger partial charge on any atom is 0.374 e. The Morgan fingerprint density at radius 1 is 1.53 bits per heavy atom. The second kappa shape index (κ2) is 4.26. The number of carbonyl (C=O) groups is 1. The van der Waals surface area contributed by atoms with Gasteiger partial charge in [-0.05, 0) is 42.7 Å². The molecule has 1 aromatic rings. The van der Waals surface area contributed by atoms with Crippen LogP contribution in [0.4, 0.5) is 0 Å². The highest BCUT2D eigenvalue weighted by molar-refractivity contribution is 5.86. The second-order valence-corrected chi connectivity index (χ2v) is 6.37. The molecule has 1 saturated carbocycles. The number of hydrogen-bond donors (Lipinski definition) is 0. The average molecular weight is 260 g/mol. The molecule has 3 nitrogen and oxygen atoms in total. The fourth-order valence-electron chi connectivity index (χ4n) is 3.32. The van der Waals surface area contributed by atoms with Gasteiger partial charge in [-0.3, -0.25) is 0 Å². The first-order valence-electron chi connectivity index (χ1n) is 6.89. The minimum Gasteiger partial charge on any atom is -0.459 e. The van der Waals surface area contributed by atoms with Crippen LogP contribution in [0.5, 0.6) is 0 Å². The van der Waals surface area contributed by atoms with E-state index in [0.29, 0.717) is 17.9 Å². The van der Waals surface area contributed by atoms with Crippen molar-refractivity contribution >= 4 is 5.97 Å². The summed E-state index contributed by atoms with van der Waals surface area (Å²) in [6.45, 7) is 7.25. The first kappa shape index (κ1) is 12.5. The zero-order valence-electron chi connectivity index (χ0n) is 11.7. The molecule has 19 heavy (non-hydrogen) atoms. The number of furan rings is 1. The zero-order valence-corrected chi connectivity index (χ0v) is 11.7. The minimum absolute atomic E-state index is 0.280. The van der Waals surface area contributed by atoms with Crippen molar-refractivity contribution < 1.29 is 13.9 Å². The third-order valence-corrected chi connectivity index (χ3v) is 4.90. The largest absolute Gasteiger partial charge is 0.459 e. The van der Waals surface area contributed by atoms with Crippen molar-refractivity contribution in [3.63, 3.8) is 0 Å². The molecule has 0 N–H and O–H groups in total. The van der Waals surface area contributed by atoms with Gasteiger partial charge in [-0.1, -0.05) is 25.5 Å². The summed E-state index contributed by atoms with van der Waals surface area (Å²) < 4.78 is 10.4. The Labute approximate surface area is 113 Å². The topological polar surface area (TPSA) is 39.4 Å². The van der Waals surface area contributed by atoms with Crippen LogP contribution in [0.3, 0.4) is 0 Å². The monoisotopic (exact) mass is 260 g/mol. The van der Waals surface area contributed by atoms with Crippen molar-refractivity contribution in [3.8, 4) is 0 Å². The number of rotatable bonds is 3. The smallest absolute Gasteiger partial charge is 0.374 e. The van der Waals surface area contributed by atoms with Crippen LogP contribution in [0, 0.1) is 23.2 Å². The summed E-state index contributed by atoms with van der Waals surface area (Å²) in [5, 5.41) is 0. The van der Waals surface area contributed by atoms with E-state index in [9.17, 15) is 4.79 Å². The molecule has 2 aliphatic rings. The highest BCUT2D eigenvalue weighted by Gasteiger charge is 2.58. The van der Waals surface area contributed by atoms with Crippen molar-refractivity contribution in [1.29, 1.82) is 0 Å². The molecule has 102 valence electrons. The summed E-state index contributed by atoms with van der Waals surface area (Å²) in [6, 6.07) is 3.33. The van der Waals surface area contributed by atoms with Gasteiger partial charge in [-0.15, -0.1) is 0 Å². The lowest BCUT2D eigenvalue weighted by molar-refractivity contribution is 0.0411. The van der Waals surface area contributed by atoms with E-state index in [1.54, 1.807) is 12.1 Å². The van der Waals surface area contributed by atoms with E-state index in [2.05, 4.69) is 26.8 Å². The first-order valence-corrected chi connectivity index (χ1v) is 6.89. The molecule has 1 aromatic heterocycles. The second-order valence-electron chi connectivity index (χ2n) is 6.37. The van der Waals surface area contributed by atoms with Gasteiger partial charge in [0.1, 0.15) is 0 Å². The molecule has 0 bridgehead atoms.